The van der Waals surface area contributed by atoms with Gasteiger partial charge < -0.3 is 14.0 Å². The normalized spacial score (nSPS) is 11.3. The van der Waals surface area contributed by atoms with Gasteiger partial charge in [-0.15, -0.1) is 0 Å². The van der Waals surface area contributed by atoms with Crippen LogP contribution in [0.15, 0.2) is 28.8 Å². The summed E-state index contributed by atoms with van der Waals surface area (Å²) in [6, 6.07) is 0. The quantitative estimate of drug-likeness (QED) is 0.483. The molecule has 0 aliphatic rings. The molecule has 1 heterocycles. The predicted molar refractivity (Wildman–Crippen MR) is 89.4 cm³/mol. The molecule has 0 N–H and O–H groups in total. The van der Waals surface area contributed by atoms with Crippen LogP contribution >= 0.6 is 0 Å². The first-order valence-electron chi connectivity index (χ1n) is 8.19. The van der Waals surface area contributed by atoms with Crippen molar-refractivity contribution in [3.63, 3.8) is 0 Å². The molecule has 0 saturated carbocycles. The number of carbonyl (C=O) groups is 2. The third-order valence-corrected chi connectivity index (χ3v) is 3.25. The predicted octanol–water partition coefficient (Wildman–Crippen LogP) is 3.09. The van der Waals surface area contributed by atoms with E-state index in [-0.39, 0.29) is 11.9 Å². The standard InChI is InChI=1S/C18H25NO5/c1-4-22-17(20)12-8-6-10-15-14(3)19-24-16(15)11-7-9-13-18(21)23-5-2/h8-9,12-13H,4-7,10-11H2,1-3H3. The highest BCUT2D eigenvalue weighted by Crippen LogP contribution is 2.18. The molecule has 1 aromatic heterocycles. The second-order valence-electron chi connectivity index (χ2n) is 5.06. The smallest absolute Gasteiger partial charge is 0.330 e. The number of nitrogens with zero attached hydrogens (tertiary/aromatic N) is 1. The molecule has 24 heavy (non-hydrogen) atoms. The molecule has 0 unspecified atom stereocenters. The van der Waals surface area contributed by atoms with Crippen molar-refractivity contribution in [3.05, 3.63) is 41.3 Å². The van der Waals surface area contributed by atoms with Gasteiger partial charge in [0.1, 0.15) is 5.76 Å². The van der Waals surface area contributed by atoms with E-state index in [9.17, 15) is 9.59 Å². The summed E-state index contributed by atoms with van der Waals surface area (Å²) in [4.78, 5) is 22.4. The molecule has 6 heteroatoms. The summed E-state index contributed by atoms with van der Waals surface area (Å²) in [5.41, 5.74) is 1.90. The van der Waals surface area contributed by atoms with Crippen LogP contribution in [0.5, 0.6) is 0 Å². The van der Waals surface area contributed by atoms with E-state index in [1.54, 1.807) is 26.0 Å². The summed E-state index contributed by atoms with van der Waals surface area (Å²) < 4.78 is 15.0. The van der Waals surface area contributed by atoms with Crippen LogP contribution in [0.25, 0.3) is 0 Å². The zero-order valence-electron chi connectivity index (χ0n) is 14.5. The highest BCUT2D eigenvalue weighted by atomic mass is 16.5. The van der Waals surface area contributed by atoms with E-state index in [0.29, 0.717) is 32.5 Å². The van der Waals surface area contributed by atoms with Crippen LogP contribution in [0, 0.1) is 6.92 Å². The Morgan fingerprint density at radius 1 is 1.00 bits per heavy atom. The van der Waals surface area contributed by atoms with Gasteiger partial charge in [0, 0.05) is 24.1 Å². The Bertz CT molecular complexity index is 586. The van der Waals surface area contributed by atoms with Crippen molar-refractivity contribution < 1.29 is 23.6 Å². The highest BCUT2D eigenvalue weighted by Gasteiger charge is 2.11. The topological polar surface area (TPSA) is 78.6 Å². The van der Waals surface area contributed by atoms with Crippen molar-refractivity contribution in [2.75, 3.05) is 13.2 Å². The second kappa shape index (κ2) is 11.2. The van der Waals surface area contributed by atoms with Crippen LogP contribution in [-0.4, -0.2) is 30.3 Å². The van der Waals surface area contributed by atoms with Gasteiger partial charge in [0.2, 0.25) is 0 Å². The fourth-order valence-electron chi connectivity index (χ4n) is 2.13. The third-order valence-electron chi connectivity index (χ3n) is 3.25. The van der Waals surface area contributed by atoms with Crippen LogP contribution in [0.4, 0.5) is 0 Å². The molecule has 0 aliphatic heterocycles. The van der Waals surface area contributed by atoms with Gasteiger partial charge in [0.15, 0.2) is 0 Å². The van der Waals surface area contributed by atoms with Gasteiger partial charge in [0.25, 0.3) is 0 Å². The van der Waals surface area contributed by atoms with Crippen molar-refractivity contribution in [1.29, 1.82) is 0 Å². The summed E-state index contributed by atoms with van der Waals surface area (Å²) in [6.07, 6.45) is 9.18. The number of rotatable bonds is 10. The monoisotopic (exact) mass is 335 g/mol. The fraction of sp³-hybridized carbons (Fsp3) is 0.500. The number of allylic oxidation sites excluding steroid dienone is 2. The summed E-state index contributed by atoms with van der Waals surface area (Å²) in [5, 5.41) is 4.00. The number of carbonyl (C=O) groups excluding carboxylic acids is 2. The van der Waals surface area contributed by atoms with E-state index in [1.807, 2.05) is 6.92 Å². The minimum atomic E-state index is -0.337. The lowest BCUT2D eigenvalue weighted by Gasteiger charge is -2.00. The minimum absolute atomic E-state index is 0.330. The second-order valence-corrected chi connectivity index (χ2v) is 5.06. The highest BCUT2D eigenvalue weighted by molar-refractivity contribution is 5.82. The van der Waals surface area contributed by atoms with Crippen molar-refractivity contribution in [1.82, 2.24) is 5.16 Å². The average Bonchev–Trinajstić information content (AvgIpc) is 2.89. The average molecular weight is 335 g/mol. The molecule has 0 bridgehead atoms. The van der Waals surface area contributed by atoms with Crippen LogP contribution in [0.3, 0.4) is 0 Å². The summed E-state index contributed by atoms with van der Waals surface area (Å²) in [6.45, 7) is 6.18. The SMILES string of the molecule is CCOC(=O)C=CCCc1onc(C)c1CCC=CC(=O)OCC. The molecule has 0 saturated heterocycles. The Morgan fingerprint density at radius 3 is 2.08 bits per heavy atom. The Morgan fingerprint density at radius 2 is 1.54 bits per heavy atom. The van der Waals surface area contributed by atoms with Crippen LogP contribution in [0.2, 0.25) is 0 Å². The first-order valence-corrected chi connectivity index (χ1v) is 8.19. The molecule has 0 fully saturated rings. The van der Waals surface area contributed by atoms with Crippen LogP contribution in [0.1, 0.15) is 43.7 Å². The number of aryl methyl sites for hydroxylation is 2. The molecular weight excluding hydrogens is 310 g/mol. The third kappa shape index (κ3) is 7.26. The lowest BCUT2D eigenvalue weighted by Crippen LogP contribution is -1.99. The van der Waals surface area contributed by atoms with Gasteiger partial charge in [0.05, 0.1) is 18.9 Å². The van der Waals surface area contributed by atoms with Gasteiger partial charge in [-0.1, -0.05) is 17.3 Å². The largest absolute Gasteiger partial charge is 0.463 e. The van der Waals surface area contributed by atoms with E-state index < -0.39 is 0 Å². The van der Waals surface area contributed by atoms with Gasteiger partial charge in [-0.25, -0.2) is 9.59 Å². The van der Waals surface area contributed by atoms with Gasteiger partial charge in [-0.2, -0.15) is 0 Å². The summed E-state index contributed by atoms with van der Waals surface area (Å²) in [7, 11) is 0. The molecule has 0 radical (unpaired) electrons. The molecule has 0 amide bonds. The summed E-state index contributed by atoms with van der Waals surface area (Å²) >= 11 is 0. The first kappa shape index (κ1) is 19.7. The van der Waals surface area contributed by atoms with Crippen molar-refractivity contribution in [2.24, 2.45) is 0 Å². The molecule has 0 aliphatic carbocycles. The number of hydrogen-bond acceptors (Lipinski definition) is 6. The molecule has 0 atom stereocenters. The van der Waals surface area contributed by atoms with Crippen LogP contribution < -0.4 is 0 Å². The van der Waals surface area contributed by atoms with Crippen molar-refractivity contribution in [3.8, 4) is 0 Å². The molecule has 1 aromatic rings. The maximum atomic E-state index is 11.2. The van der Waals surface area contributed by atoms with E-state index in [1.165, 1.54) is 12.2 Å². The molecule has 0 aromatic carbocycles. The zero-order valence-corrected chi connectivity index (χ0v) is 14.5. The Balaban J connectivity index is 2.48. The number of esters is 2. The van der Waals surface area contributed by atoms with Crippen molar-refractivity contribution in [2.45, 2.75) is 46.5 Å². The molecular formula is C18H25NO5. The van der Waals surface area contributed by atoms with E-state index >= 15 is 0 Å². The van der Waals surface area contributed by atoms with Crippen LogP contribution in [-0.2, 0) is 31.9 Å². The van der Waals surface area contributed by atoms with E-state index in [0.717, 1.165) is 23.4 Å². The number of ether oxygens (including phenoxy) is 2. The van der Waals surface area contributed by atoms with Crippen molar-refractivity contribution >= 4 is 11.9 Å². The molecule has 0 spiro atoms. The van der Waals surface area contributed by atoms with Gasteiger partial charge in [-0.3, -0.25) is 0 Å². The lowest BCUT2D eigenvalue weighted by atomic mass is 10.0. The Hall–Kier alpha value is -2.37. The maximum Gasteiger partial charge on any atom is 0.330 e. The van der Waals surface area contributed by atoms with E-state index in [2.05, 4.69) is 5.16 Å². The minimum Gasteiger partial charge on any atom is -0.463 e. The lowest BCUT2D eigenvalue weighted by molar-refractivity contribution is -0.138. The Kier molecular flexibility index (Phi) is 9.19. The fourth-order valence-corrected chi connectivity index (χ4v) is 2.13. The first-order chi connectivity index (χ1) is 11.6. The number of aromatic nitrogens is 1. The maximum absolute atomic E-state index is 11.2. The zero-order chi connectivity index (χ0) is 17.8. The Labute approximate surface area is 142 Å². The van der Waals surface area contributed by atoms with Gasteiger partial charge in [-0.05, 0) is 40.0 Å². The summed E-state index contributed by atoms with van der Waals surface area (Å²) in [5.74, 6) is 0.144. The molecule has 1 rings (SSSR count). The number of hydrogen-bond donors (Lipinski definition) is 0. The van der Waals surface area contributed by atoms with Gasteiger partial charge >= 0.3 is 11.9 Å². The molecule has 6 nitrogen and oxygen atoms in total. The van der Waals surface area contributed by atoms with E-state index in [4.69, 9.17) is 14.0 Å². The molecule has 132 valence electrons.